The molecule has 1 aromatic heterocycles. The summed E-state index contributed by atoms with van der Waals surface area (Å²) in [7, 11) is 0. The molecule has 7 heteroatoms. The van der Waals surface area contributed by atoms with Gasteiger partial charge in [0.2, 0.25) is 0 Å². The first-order chi connectivity index (χ1) is 14.8. The van der Waals surface area contributed by atoms with Crippen LogP contribution >= 0.6 is 24.0 Å². The number of guanidine groups is 1. The van der Waals surface area contributed by atoms with Gasteiger partial charge in [-0.25, -0.2) is 9.98 Å². The van der Waals surface area contributed by atoms with Crippen LogP contribution < -0.4 is 15.4 Å². The van der Waals surface area contributed by atoms with E-state index in [9.17, 15) is 0 Å². The Morgan fingerprint density at radius 2 is 1.90 bits per heavy atom. The zero-order valence-electron chi connectivity index (χ0n) is 17.8. The van der Waals surface area contributed by atoms with Crippen LogP contribution in [0.4, 0.5) is 0 Å². The average Bonchev–Trinajstić information content (AvgIpc) is 3.22. The maximum absolute atomic E-state index is 5.73. The van der Waals surface area contributed by atoms with Crippen LogP contribution in [0.3, 0.4) is 0 Å². The predicted molar refractivity (Wildman–Crippen MR) is 137 cm³/mol. The van der Waals surface area contributed by atoms with E-state index in [-0.39, 0.29) is 24.0 Å². The third-order valence-corrected chi connectivity index (χ3v) is 4.49. The summed E-state index contributed by atoms with van der Waals surface area (Å²) in [6, 6.07) is 18.3. The van der Waals surface area contributed by atoms with Crippen LogP contribution in [-0.2, 0) is 19.6 Å². The summed E-state index contributed by atoms with van der Waals surface area (Å²) >= 11 is 0. The number of halogens is 1. The van der Waals surface area contributed by atoms with E-state index >= 15 is 0 Å². The Kier molecular flexibility index (Phi) is 10.6. The van der Waals surface area contributed by atoms with Crippen LogP contribution in [0.15, 0.2) is 84.6 Å². The number of benzene rings is 2. The highest BCUT2D eigenvalue weighted by Gasteiger charge is 2.06. The van der Waals surface area contributed by atoms with Gasteiger partial charge in [-0.1, -0.05) is 61.2 Å². The fourth-order valence-corrected chi connectivity index (χ4v) is 3.02. The Morgan fingerprint density at radius 3 is 2.68 bits per heavy atom. The number of nitrogens with zero attached hydrogens (tertiary/aromatic N) is 3. The summed E-state index contributed by atoms with van der Waals surface area (Å²) in [6.45, 7) is 8.90. The fraction of sp³-hybridized carbons (Fsp3) is 0.250. The Balaban J connectivity index is 0.00000341. The van der Waals surface area contributed by atoms with Crippen LogP contribution in [0, 0.1) is 0 Å². The SMILES string of the molecule is C=CCOc1ccccc1CN=C(NCC)NCc1nccn1Cc1ccccc1.I. The second kappa shape index (κ2) is 13.5. The van der Waals surface area contributed by atoms with Crippen molar-refractivity contribution in [2.75, 3.05) is 13.2 Å². The second-order valence-corrected chi connectivity index (χ2v) is 6.71. The molecule has 2 aromatic carbocycles. The molecule has 3 rings (SSSR count). The second-order valence-electron chi connectivity index (χ2n) is 6.71. The number of nitrogens with one attached hydrogen (secondary N) is 2. The van der Waals surface area contributed by atoms with Crippen molar-refractivity contribution in [3.8, 4) is 5.75 Å². The zero-order chi connectivity index (χ0) is 21.0. The summed E-state index contributed by atoms with van der Waals surface area (Å²) < 4.78 is 7.87. The Bertz CT molecular complexity index is 955. The van der Waals surface area contributed by atoms with Crippen molar-refractivity contribution in [1.82, 2.24) is 20.2 Å². The van der Waals surface area contributed by atoms with E-state index < -0.39 is 0 Å². The summed E-state index contributed by atoms with van der Waals surface area (Å²) in [4.78, 5) is 9.22. The minimum absolute atomic E-state index is 0. The number of imidazole rings is 1. The van der Waals surface area contributed by atoms with Gasteiger partial charge in [-0.2, -0.15) is 0 Å². The molecule has 0 aliphatic heterocycles. The van der Waals surface area contributed by atoms with Crippen LogP contribution in [0.25, 0.3) is 0 Å². The third-order valence-electron chi connectivity index (χ3n) is 4.49. The van der Waals surface area contributed by atoms with E-state index in [0.717, 1.165) is 36.2 Å². The topological polar surface area (TPSA) is 63.5 Å². The highest BCUT2D eigenvalue weighted by Crippen LogP contribution is 2.18. The average molecular weight is 531 g/mol. The molecule has 0 radical (unpaired) electrons. The molecule has 0 bridgehead atoms. The lowest BCUT2D eigenvalue weighted by Gasteiger charge is -2.13. The molecular weight excluding hydrogens is 501 g/mol. The summed E-state index contributed by atoms with van der Waals surface area (Å²) in [5.74, 6) is 2.53. The van der Waals surface area contributed by atoms with Gasteiger partial charge in [-0.15, -0.1) is 24.0 Å². The standard InChI is InChI=1S/C24H29N5O.HI/c1-3-16-30-22-13-9-8-12-21(22)17-27-24(25-4-2)28-18-23-26-14-15-29(23)19-20-10-6-5-7-11-20;/h3,5-15H,1,4,16-19H2,2H3,(H2,25,27,28);1H. The normalized spacial score (nSPS) is 10.8. The maximum Gasteiger partial charge on any atom is 0.191 e. The lowest BCUT2D eigenvalue weighted by molar-refractivity contribution is 0.359. The zero-order valence-corrected chi connectivity index (χ0v) is 20.2. The number of aromatic nitrogens is 2. The summed E-state index contributed by atoms with van der Waals surface area (Å²) in [5, 5.41) is 6.67. The van der Waals surface area contributed by atoms with Crippen molar-refractivity contribution >= 4 is 29.9 Å². The maximum atomic E-state index is 5.73. The van der Waals surface area contributed by atoms with E-state index in [4.69, 9.17) is 9.73 Å². The van der Waals surface area contributed by atoms with Gasteiger partial charge >= 0.3 is 0 Å². The molecule has 3 aromatic rings. The molecule has 0 aliphatic carbocycles. The van der Waals surface area contributed by atoms with Gasteiger partial charge in [0.1, 0.15) is 18.2 Å². The lowest BCUT2D eigenvalue weighted by Crippen LogP contribution is -2.37. The van der Waals surface area contributed by atoms with Crippen molar-refractivity contribution in [2.24, 2.45) is 4.99 Å². The van der Waals surface area contributed by atoms with E-state index in [1.165, 1.54) is 5.56 Å². The van der Waals surface area contributed by atoms with Crippen LogP contribution in [0.5, 0.6) is 5.75 Å². The number of hydrogen-bond acceptors (Lipinski definition) is 3. The Hall–Kier alpha value is -2.81. The molecule has 0 saturated carbocycles. The van der Waals surface area contributed by atoms with Gasteiger partial charge in [0.25, 0.3) is 0 Å². The highest BCUT2D eigenvalue weighted by atomic mass is 127. The van der Waals surface area contributed by atoms with Gasteiger partial charge in [-0.3, -0.25) is 0 Å². The van der Waals surface area contributed by atoms with Crippen molar-refractivity contribution < 1.29 is 4.74 Å². The summed E-state index contributed by atoms with van der Waals surface area (Å²) in [6.07, 6.45) is 5.57. The van der Waals surface area contributed by atoms with Crippen molar-refractivity contribution in [2.45, 2.75) is 26.6 Å². The smallest absolute Gasteiger partial charge is 0.191 e. The first kappa shape index (κ1) is 24.5. The summed E-state index contributed by atoms with van der Waals surface area (Å²) in [5.41, 5.74) is 2.27. The molecule has 6 nitrogen and oxygen atoms in total. The number of para-hydroxylation sites is 1. The molecule has 0 saturated heterocycles. The molecule has 0 amide bonds. The predicted octanol–water partition coefficient (Wildman–Crippen LogP) is 4.37. The first-order valence-corrected chi connectivity index (χ1v) is 10.2. The molecule has 0 fully saturated rings. The van der Waals surface area contributed by atoms with Crippen molar-refractivity contribution in [1.29, 1.82) is 0 Å². The van der Waals surface area contributed by atoms with E-state index in [1.54, 1.807) is 6.08 Å². The largest absolute Gasteiger partial charge is 0.489 e. The van der Waals surface area contributed by atoms with E-state index in [0.29, 0.717) is 19.7 Å². The number of hydrogen-bond donors (Lipinski definition) is 2. The minimum Gasteiger partial charge on any atom is -0.489 e. The molecule has 0 aliphatic rings. The number of rotatable bonds is 10. The van der Waals surface area contributed by atoms with Crippen molar-refractivity contribution in [3.63, 3.8) is 0 Å². The molecule has 2 N–H and O–H groups in total. The Labute approximate surface area is 201 Å². The van der Waals surface area contributed by atoms with Gasteiger partial charge < -0.3 is 19.9 Å². The molecular formula is C24H30IN5O. The van der Waals surface area contributed by atoms with Gasteiger partial charge in [0.15, 0.2) is 5.96 Å². The lowest BCUT2D eigenvalue weighted by atomic mass is 10.2. The molecule has 31 heavy (non-hydrogen) atoms. The molecule has 0 unspecified atom stereocenters. The number of ether oxygens (including phenoxy) is 1. The molecule has 0 spiro atoms. The monoisotopic (exact) mass is 531 g/mol. The quantitative estimate of drug-likeness (QED) is 0.177. The van der Waals surface area contributed by atoms with Gasteiger partial charge in [0, 0.05) is 31.0 Å². The molecule has 164 valence electrons. The fourth-order valence-electron chi connectivity index (χ4n) is 3.02. The highest BCUT2D eigenvalue weighted by molar-refractivity contribution is 14.0. The Morgan fingerprint density at radius 1 is 1.13 bits per heavy atom. The number of aliphatic imine (C=N–C) groups is 1. The first-order valence-electron chi connectivity index (χ1n) is 10.2. The van der Waals surface area contributed by atoms with Gasteiger partial charge in [-0.05, 0) is 18.6 Å². The molecule has 0 atom stereocenters. The van der Waals surface area contributed by atoms with Crippen LogP contribution in [-0.4, -0.2) is 28.7 Å². The minimum atomic E-state index is 0. The van der Waals surface area contributed by atoms with Crippen LogP contribution in [0.2, 0.25) is 0 Å². The molecule has 1 heterocycles. The van der Waals surface area contributed by atoms with Crippen LogP contribution in [0.1, 0.15) is 23.9 Å². The van der Waals surface area contributed by atoms with Crippen molar-refractivity contribution in [3.05, 3.63) is 96.6 Å². The van der Waals surface area contributed by atoms with Gasteiger partial charge in [0.05, 0.1) is 13.1 Å². The van der Waals surface area contributed by atoms with E-state index in [1.807, 2.05) is 42.7 Å². The van der Waals surface area contributed by atoms with E-state index in [2.05, 4.69) is 58.0 Å². The third kappa shape index (κ3) is 7.75.